The first-order chi connectivity index (χ1) is 13.0. The van der Waals surface area contributed by atoms with E-state index in [1.807, 2.05) is 6.07 Å². The summed E-state index contributed by atoms with van der Waals surface area (Å²) in [6.45, 7) is 0. The van der Waals surface area contributed by atoms with Gasteiger partial charge in [0.05, 0.1) is 11.7 Å². The molecular formula is C16H10N5O4PS. The third-order valence-corrected chi connectivity index (χ3v) is 5.44. The van der Waals surface area contributed by atoms with Crippen LogP contribution < -0.4 is 15.9 Å². The van der Waals surface area contributed by atoms with Crippen molar-refractivity contribution in [3.05, 3.63) is 58.0 Å². The number of aliphatic hydroxyl groups is 1. The van der Waals surface area contributed by atoms with Gasteiger partial charge in [-0.2, -0.15) is 10.2 Å². The highest BCUT2D eigenvalue weighted by molar-refractivity contribution is 8.06. The number of oxazole rings is 1. The third kappa shape index (κ3) is 2.84. The van der Waals surface area contributed by atoms with Crippen LogP contribution in [-0.2, 0) is 4.57 Å². The van der Waals surface area contributed by atoms with Crippen LogP contribution in [0.2, 0.25) is 0 Å². The molecule has 134 valence electrons. The first-order valence-electron chi connectivity index (χ1n) is 7.48. The lowest BCUT2D eigenvalue weighted by molar-refractivity contribution is -0.166. The fraction of sp³-hybridized carbons (Fsp3) is 0. The molecule has 2 aromatic heterocycles. The number of hydrogen-bond donors (Lipinski definition) is 3. The zero-order valence-corrected chi connectivity index (χ0v) is 15.1. The largest absolute Gasteiger partial charge is 0.573 e. The number of fused-ring (bicyclic) bond motifs is 1. The normalized spacial score (nSPS) is 16.0. The van der Waals surface area contributed by atoms with E-state index in [0.29, 0.717) is 27.2 Å². The van der Waals surface area contributed by atoms with Crippen LogP contribution in [0.3, 0.4) is 0 Å². The second kappa shape index (κ2) is 6.48. The Kier molecular flexibility index (Phi) is 4.12. The molecule has 4 N–H and O–H groups in total. The quantitative estimate of drug-likeness (QED) is 0.445. The fourth-order valence-electron chi connectivity index (χ4n) is 2.65. The van der Waals surface area contributed by atoms with Gasteiger partial charge in [-0.15, -0.1) is 4.34 Å². The molecule has 1 aliphatic heterocycles. The van der Waals surface area contributed by atoms with Crippen molar-refractivity contribution in [3.63, 3.8) is 0 Å². The number of aliphatic hydroxyl groups excluding tert-OH is 1. The molecule has 1 unspecified atom stereocenters. The predicted octanol–water partition coefficient (Wildman–Crippen LogP) is 2.47. The van der Waals surface area contributed by atoms with Crippen molar-refractivity contribution >= 4 is 48.2 Å². The van der Waals surface area contributed by atoms with Crippen LogP contribution in [0, 0.1) is 11.3 Å². The van der Waals surface area contributed by atoms with Crippen molar-refractivity contribution in [2.24, 2.45) is 0 Å². The number of thioether (sulfide) groups is 1. The van der Waals surface area contributed by atoms with Crippen molar-refractivity contribution in [3.8, 4) is 6.07 Å². The summed E-state index contributed by atoms with van der Waals surface area (Å²) in [7, 11) is -2.89. The van der Waals surface area contributed by atoms with Gasteiger partial charge in [0.15, 0.2) is 5.76 Å². The molecule has 0 amide bonds. The van der Waals surface area contributed by atoms with Crippen LogP contribution in [-0.4, -0.2) is 14.4 Å². The van der Waals surface area contributed by atoms with E-state index in [-0.39, 0.29) is 23.2 Å². The maximum absolute atomic E-state index is 11.5. The minimum atomic E-state index is -2.89. The molecule has 0 spiro atoms. The number of nitrogen functional groups attached to an aromatic ring is 1. The highest BCUT2D eigenvalue weighted by Crippen LogP contribution is 2.38. The Morgan fingerprint density at radius 1 is 1.48 bits per heavy atom. The summed E-state index contributed by atoms with van der Waals surface area (Å²) in [4.78, 5) is 15.5. The Labute approximate surface area is 157 Å². The van der Waals surface area contributed by atoms with Gasteiger partial charge in [0, 0.05) is 16.4 Å². The van der Waals surface area contributed by atoms with Crippen LogP contribution >= 0.6 is 19.9 Å². The summed E-state index contributed by atoms with van der Waals surface area (Å²) >= 11 is 1.17. The Bertz CT molecular complexity index is 1200. The molecule has 11 heteroatoms. The maximum atomic E-state index is 11.5. The van der Waals surface area contributed by atoms with E-state index in [9.17, 15) is 14.6 Å². The highest BCUT2D eigenvalue weighted by Gasteiger charge is 2.25. The van der Waals surface area contributed by atoms with Crippen LogP contribution in [0.1, 0.15) is 17.1 Å². The standard InChI is InChI=1S/C16H10N5O4PS/c17-5-10-14(18)25-15(19-10)11-7-27-16(20-11)13(22)9-6-21(26(23)24)12-4-2-1-3-8(9)12/h1-4,6-7,20,22H,18H2. The first kappa shape index (κ1) is 17.2. The molecule has 1 atom stereocenters. The topological polar surface area (TPSA) is 153 Å². The molecule has 0 bridgehead atoms. The van der Waals surface area contributed by atoms with E-state index >= 15 is 0 Å². The van der Waals surface area contributed by atoms with Crippen LogP contribution in [0.25, 0.3) is 22.4 Å². The van der Waals surface area contributed by atoms with Gasteiger partial charge in [-0.05, 0) is 10.6 Å². The number of rotatable bonds is 3. The number of nitrogens with zero attached hydrogens (tertiary/aromatic N) is 3. The van der Waals surface area contributed by atoms with E-state index in [2.05, 4.69) is 10.3 Å². The second-order valence-electron chi connectivity index (χ2n) is 5.44. The van der Waals surface area contributed by atoms with E-state index in [4.69, 9.17) is 15.4 Å². The van der Waals surface area contributed by atoms with E-state index < -0.39 is 8.18 Å². The molecule has 1 aliphatic rings. The lowest BCUT2D eigenvalue weighted by Crippen LogP contribution is -2.07. The average Bonchev–Trinajstić information content (AvgIpc) is 3.37. The van der Waals surface area contributed by atoms with Gasteiger partial charge in [-0.25, -0.2) is 0 Å². The van der Waals surface area contributed by atoms with E-state index in [0.717, 1.165) is 4.34 Å². The van der Waals surface area contributed by atoms with Crippen molar-refractivity contribution in [2.45, 2.75) is 0 Å². The molecular weight excluding hydrogens is 389 g/mol. The summed E-state index contributed by atoms with van der Waals surface area (Å²) in [5, 5.41) is 25.2. The summed E-state index contributed by atoms with van der Waals surface area (Å²) in [6, 6.07) is 8.66. The molecule has 27 heavy (non-hydrogen) atoms. The number of para-hydroxylation sites is 1. The van der Waals surface area contributed by atoms with Crippen molar-refractivity contribution in [1.82, 2.24) is 14.6 Å². The highest BCUT2D eigenvalue weighted by atomic mass is 32.2. The average molecular weight is 399 g/mol. The number of benzene rings is 1. The van der Waals surface area contributed by atoms with Crippen molar-refractivity contribution in [1.29, 1.82) is 5.26 Å². The van der Waals surface area contributed by atoms with Gasteiger partial charge in [-0.1, -0.05) is 30.0 Å². The number of anilines is 1. The Morgan fingerprint density at radius 2 is 2.26 bits per heavy atom. The number of nitrogens with one attached hydrogen (secondary N) is 1. The van der Waals surface area contributed by atoms with Gasteiger partial charge in [0.1, 0.15) is 16.8 Å². The zero-order chi connectivity index (χ0) is 19.1. The molecule has 0 saturated heterocycles. The predicted molar refractivity (Wildman–Crippen MR) is 98.8 cm³/mol. The minimum absolute atomic E-state index is 0.0262. The molecule has 3 aromatic rings. The van der Waals surface area contributed by atoms with Gasteiger partial charge in [0.2, 0.25) is 17.5 Å². The fourth-order valence-corrected chi connectivity index (χ4v) is 4.00. The van der Waals surface area contributed by atoms with Gasteiger partial charge < -0.3 is 25.5 Å². The molecule has 0 aliphatic carbocycles. The van der Waals surface area contributed by atoms with Crippen molar-refractivity contribution < 1.29 is 19.0 Å². The maximum Gasteiger partial charge on any atom is 0.444 e. The lowest BCUT2D eigenvalue weighted by Gasteiger charge is -2.05. The summed E-state index contributed by atoms with van der Waals surface area (Å²) in [6.07, 6.45) is 1.36. The number of hydrogen-bond acceptors (Lipinski definition) is 9. The molecule has 0 fully saturated rings. The van der Waals surface area contributed by atoms with Crippen molar-refractivity contribution in [2.75, 3.05) is 5.73 Å². The Balaban J connectivity index is 1.72. The lowest BCUT2D eigenvalue weighted by atomic mass is 10.1. The van der Waals surface area contributed by atoms with E-state index in [1.54, 1.807) is 29.7 Å². The smallest absolute Gasteiger partial charge is 0.444 e. The Morgan fingerprint density at radius 3 is 2.96 bits per heavy atom. The zero-order valence-electron chi connectivity index (χ0n) is 13.4. The molecule has 1 aromatic carbocycles. The minimum Gasteiger partial charge on any atom is -0.573 e. The van der Waals surface area contributed by atoms with Crippen LogP contribution in [0.15, 0.2) is 45.3 Å². The molecule has 9 nitrogen and oxygen atoms in total. The number of aromatic nitrogens is 2. The van der Waals surface area contributed by atoms with Gasteiger partial charge in [0.25, 0.3) is 0 Å². The van der Waals surface area contributed by atoms with E-state index in [1.165, 1.54) is 18.0 Å². The first-order valence-corrected chi connectivity index (χ1v) is 9.49. The van der Waals surface area contributed by atoms with Crippen LogP contribution in [0.5, 0.6) is 0 Å². The molecule has 4 rings (SSSR count). The summed E-state index contributed by atoms with van der Waals surface area (Å²) in [5.74, 6) is -0.105. The molecule has 0 radical (unpaired) electrons. The number of nitrogens with two attached hydrogens (primary N) is 1. The summed E-state index contributed by atoms with van der Waals surface area (Å²) in [5.41, 5.74) is 6.79. The summed E-state index contributed by atoms with van der Waals surface area (Å²) < 4.78 is 17.8. The Hall–Kier alpha value is -3.25. The number of nitriles is 1. The van der Waals surface area contributed by atoms with Gasteiger partial charge >= 0.3 is 8.18 Å². The second-order valence-corrected chi connectivity index (χ2v) is 7.22. The monoisotopic (exact) mass is 399 g/mol. The van der Waals surface area contributed by atoms with Gasteiger partial charge in [-0.3, -0.25) is 0 Å². The SMILES string of the molecule is N#Cc1nc(C2=CSC(=C(O)c3cn([P+](=O)[O-])c4ccccc34)N2)oc1N. The third-order valence-electron chi connectivity index (χ3n) is 3.87. The molecule has 3 heterocycles. The van der Waals surface area contributed by atoms with Crippen LogP contribution in [0.4, 0.5) is 5.88 Å². The molecule has 0 saturated carbocycles.